The molecule has 4 aromatic rings. The van der Waals surface area contributed by atoms with Crippen LogP contribution in [0.15, 0.2) is 54.7 Å². The van der Waals surface area contributed by atoms with E-state index in [1.54, 1.807) is 32.4 Å². The van der Waals surface area contributed by atoms with Gasteiger partial charge in [-0.2, -0.15) is 5.10 Å². The topological polar surface area (TPSA) is 85.6 Å². The lowest BCUT2D eigenvalue weighted by Gasteiger charge is -2.24. The number of fused-ring (bicyclic) bond motifs is 1. The van der Waals surface area contributed by atoms with Crippen LogP contribution in [0.25, 0.3) is 16.7 Å². The van der Waals surface area contributed by atoms with Crippen molar-refractivity contribution in [2.24, 2.45) is 0 Å². The number of aryl methyl sites for hydroxylation is 1. The lowest BCUT2D eigenvalue weighted by Crippen LogP contribution is -2.35. The van der Waals surface area contributed by atoms with E-state index in [4.69, 9.17) is 19.4 Å². The molecule has 2 aromatic heterocycles. The van der Waals surface area contributed by atoms with Gasteiger partial charge in [0.1, 0.15) is 23.1 Å². The summed E-state index contributed by atoms with van der Waals surface area (Å²) in [5.41, 5.74) is 2.33. The minimum Gasteiger partial charge on any atom is -0.497 e. The second-order valence-electron chi connectivity index (χ2n) is 9.08. The highest BCUT2D eigenvalue weighted by Crippen LogP contribution is 2.28. The van der Waals surface area contributed by atoms with E-state index in [9.17, 15) is 4.79 Å². The Hall–Kier alpha value is -4.14. The first-order valence-electron chi connectivity index (χ1n) is 12.7. The minimum atomic E-state index is -0.0320. The molecule has 0 radical (unpaired) electrons. The third-order valence-corrected chi connectivity index (χ3v) is 6.61. The van der Waals surface area contributed by atoms with Crippen LogP contribution >= 0.6 is 0 Å². The second kappa shape index (κ2) is 10.9. The van der Waals surface area contributed by atoms with Gasteiger partial charge < -0.3 is 19.3 Å². The predicted molar refractivity (Wildman–Crippen MR) is 143 cm³/mol. The van der Waals surface area contributed by atoms with Gasteiger partial charge in [0.25, 0.3) is 5.91 Å². The lowest BCUT2D eigenvalue weighted by molar-refractivity contribution is 0.0766. The number of hydrogen-bond donors (Lipinski definition) is 0. The van der Waals surface area contributed by atoms with Crippen molar-refractivity contribution in [1.29, 1.82) is 0 Å². The zero-order valence-electron chi connectivity index (χ0n) is 21.6. The number of ether oxygens (including phenoxy) is 2. The second-order valence-corrected chi connectivity index (χ2v) is 9.08. The average Bonchev–Trinajstić information content (AvgIpc) is 3.21. The number of benzene rings is 2. The van der Waals surface area contributed by atoms with Crippen molar-refractivity contribution in [1.82, 2.24) is 24.6 Å². The summed E-state index contributed by atoms with van der Waals surface area (Å²) in [6.07, 6.45) is 4.42. The van der Waals surface area contributed by atoms with Gasteiger partial charge in [-0.05, 0) is 37.1 Å². The fourth-order valence-electron chi connectivity index (χ4n) is 4.72. The molecule has 5 rings (SSSR count). The molecule has 2 aromatic carbocycles. The number of para-hydroxylation sites is 1. The summed E-state index contributed by atoms with van der Waals surface area (Å²) in [5.74, 6) is 2.86. The number of aromatic nitrogens is 4. The van der Waals surface area contributed by atoms with Gasteiger partial charge in [0.05, 0.1) is 31.5 Å². The Kier molecular flexibility index (Phi) is 7.20. The lowest BCUT2D eigenvalue weighted by atomic mass is 10.1. The van der Waals surface area contributed by atoms with E-state index in [0.29, 0.717) is 36.7 Å². The van der Waals surface area contributed by atoms with E-state index >= 15 is 0 Å². The average molecular weight is 501 g/mol. The van der Waals surface area contributed by atoms with Gasteiger partial charge in [-0.1, -0.05) is 25.1 Å². The van der Waals surface area contributed by atoms with E-state index in [1.165, 1.54) is 0 Å². The van der Waals surface area contributed by atoms with E-state index in [1.807, 2.05) is 46.1 Å². The Morgan fingerprint density at radius 1 is 0.946 bits per heavy atom. The van der Waals surface area contributed by atoms with Crippen LogP contribution < -0.4 is 14.4 Å². The quantitative estimate of drug-likeness (QED) is 0.377. The standard InChI is InChI=1S/C28H32N6O3/c1-4-9-25-30-26(24-19-29-34(27(24)31-25)21-10-6-5-7-11-21)32-12-8-13-33(15-14-32)28(35)20-16-22(36-2)18-23(17-20)37-3/h5-7,10-11,16-19H,4,8-9,12-15H2,1-3H3. The summed E-state index contributed by atoms with van der Waals surface area (Å²) in [6.45, 7) is 4.83. The van der Waals surface area contributed by atoms with Gasteiger partial charge in [-0.15, -0.1) is 0 Å². The van der Waals surface area contributed by atoms with Crippen LogP contribution in [0.1, 0.15) is 35.9 Å². The van der Waals surface area contributed by atoms with Crippen molar-refractivity contribution in [3.8, 4) is 17.2 Å². The van der Waals surface area contributed by atoms with E-state index in [2.05, 4.69) is 16.9 Å². The molecule has 9 heteroatoms. The maximum Gasteiger partial charge on any atom is 0.254 e. The maximum absolute atomic E-state index is 13.4. The molecule has 0 aliphatic carbocycles. The van der Waals surface area contributed by atoms with Crippen LogP contribution in [0.3, 0.4) is 0 Å². The fraction of sp³-hybridized carbons (Fsp3) is 0.357. The molecule has 0 unspecified atom stereocenters. The Labute approximate surface area is 216 Å². The molecule has 0 atom stereocenters. The van der Waals surface area contributed by atoms with E-state index in [-0.39, 0.29) is 5.91 Å². The summed E-state index contributed by atoms with van der Waals surface area (Å²) in [4.78, 5) is 27.4. The number of carbonyl (C=O) groups is 1. The first-order valence-corrected chi connectivity index (χ1v) is 12.7. The molecule has 1 fully saturated rings. The fourth-order valence-corrected chi connectivity index (χ4v) is 4.72. The molecule has 0 bridgehead atoms. The molecule has 1 aliphatic heterocycles. The first kappa shape index (κ1) is 24.5. The van der Waals surface area contributed by atoms with Gasteiger partial charge in [-0.25, -0.2) is 14.6 Å². The third kappa shape index (κ3) is 5.07. The number of methoxy groups -OCH3 is 2. The monoisotopic (exact) mass is 500 g/mol. The largest absolute Gasteiger partial charge is 0.497 e. The minimum absolute atomic E-state index is 0.0320. The Balaban J connectivity index is 1.43. The molecular weight excluding hydrogens is 468 g/mol. The van der Waals surface area contributed by atoms with E-state index in [0.717, 1.165) is 54.2 Å². The molecule has 3 heterocycles. The number of rotatable bonds is 7. The van der Waals surface area contributed by atoms with Crippen molar-refractivity contribution in [3.05, 3.63) is 66.1 Å². The highest BCUT2D eigenvalue weighted by molar-refractivity contribution is 5.95. The normalized spacial score (nSPS) is 14.0. The number of anilines is 1. The molecule has 1 aliphatic rings. The van der Waals surface area contributed by atoms with E-state index < -0.39 is 0 Å². The number of hydrogen-bond acceptors (Lipinski definition) is 7. The summed E-state index contributed by atoms with van der Waals surface area (Å²) in [5, 5.41) is 5.58. The molecule has 0 saturated carbocycles. The molecule has 1 amide bonds. The van der Waals surface area contributed by atoms with Gasteiger partial charge >= 0.3 is 0 Å². The SMILES string of the molecule is CCCc1nc(N2CCCN(C(=O)c3cc(OC)cc(OC)c3)CC2)c2cnn(-c3ccccc3)c2n1. The van der Waals surface area contributed by atoms with Crippen molar-refractivity contribution in [2.45, 2.75) is 26.2 Å². The molecule has 37 heavy (non-hydrogen) atoms. The van der Waals surface area contributed by atoms with Crippen molar-refractivity contribution < 1.29 is 14.3 Å². The number of amides is 1. The number of carbonyl (C=O) groups excluding carboxylic acids is 1. The summed E-state index contributed by atoms with van der Waals surface area (Å²) in [6, 6.07) is 15.3. The first-order chi connectivity index (χ1) is 18.1. The van der Waals surface area contributed by atoms with Crippen LogP contribution in [0.5, 0.6) is 11.5 Å². The molecule has 0 N–H and O–H groups in total. The van der Waals surface area contributed by atoms with Crippen molar-refractivity contribution in [3.63, 3.8) is 0 Å². The highest BCUT2D eigenvalue weighted by atomic mass is 16.5. The van der Waals surface area contributed by atoms with Gasteiger partial charge in [-0.3, -0.25) is 4.79 Å². The molecule has 192 valence electrons. The van der Waals surface area contributed by atoms with Crippen molar-refractivity contribution >= 4 is 22.8 Å². The van der Waals surface area contributed by atoms with Crippen LogP contribution in [-0.4, -0.2) is 71.0 Å². The van der Waals surface area contributed by atoms with Gasteiger partial charge in [0.15, 0.2) is 5.65 Å². The van der Waals surface area contributed by atoms with Gasteiger partial charge in [0, 0.05) is 44.2 Å². The number of nitrogens with zero attached hydrogens (tertiary/aromatic N) is 6. The van der Waals surface area contributed by atoms with Crippen LogP contribution in [0, 0.1) is 0 Å². The smallest absolute Gasteiger partial charge is 0.254 e. The molecule has 0 spiro atoms. The van der Waals surface area contributed by atoms with Crippen LogP contribution in [0.2, 0.25) is 0 Å². The van der Waals surface area contributed by atoms with Crippen molar-refractivity contribution in [2.75, 3.05) is 45.3 Å². The zero-order chi connectivity index (χ0) is 25.8. The van der Waals surface area contributed by atoms with Crippen LogP contribution in [0.4, 0.5) is 5.82 Å². The maximum atomic E-state index is 13.4. The molecule has 9 nitrogen and oxygen atoms in total. The summed E-state index contributed by atoms with van der Waals surface area (Å²) >= 11 is 0. The molecular formula is C28H32N6O3. The Morgan fingerprint density at radius 2 is 1.70 bits per heavy atom. The zero-order valence-corrected chi connectivity index (χ0v) is 21.6. The molecule has 1 saturated heterocycles. The van der Waals surface area contributed by atoms with Crippen LogP contribution in [-0.2, 0) is 6.42 Å². The summed E-state index contributed by atoms with van der Waals surface area (Å²) in [7, 11) is 3.17. The summed E-state index contributed by atoms with van der Waals surface area (Å²) < 4.78 is 12.6. The third-order valence-electron chi connectivity index (χ3n) is 6.61. The predicted octanol–water partition coefficient (Wildman–Crippen LogP) is 4.14. The highest BCUT2D eigenvalue weighted by Gasteiger charge is 2.24. The Morgan fingerprint density at radius 3 is 2.41 bits per heavy atom. The van der Waals surface area contributed by atoms with Gasteiger partial charge in [0.2, 0.25) is 0 Å². The Bertz CT molecular complexity index is 1370.